The molecule has 0 unspecified atom stereocenters. The maximum Gasteiger partial charge on any atom is 0.410 e. The Morgan fingerprint density at radius 3 is 2.69 bits per heavy atom. The van der Waals surface area contributed by atoms with Crippen molar-refractivity contribution in [2.75, 3.05) is 25.5 Å². The summed E-state index contributed by atoms with van der Waals surface area (Å²) in [4.78, 5) is 18.4. The van der Waals surface area contributed by atoms with E-state index >= 15 is 0 Å². The first kappa shape index (κ1) is 18.3. The second kappa shape index (κ2) is 7.81. The van der Waals surface area contributed by atoms with E-state index in [9.17, 15) is 4.79 Å². The van der Waals surface area contributed by atoms with Crippen LogP contribution in [0.4, 0.5) is 10.5 Å². The number of methoxy groups -OCH3 is 1. The van der Waals surface area contributed by atoms with Crippen molar-refractivity contribution in [2.24, 2.45) is 0 Å². The number of fused-ring (bicyclic) bond motifs is 1. The van der Waals surface area contributed by atoms with E-state index in [1.165, 1.54) is 0 Å². The zero-order valence-electron chi connectivity index (χ0n) is 15.9. The number of carbonyl (C=O) groups excluding carboxylic acids is 1. The Balaban J connectivity index is 1.73. The van der Waals surface area contributed by atoms with Gasteiger partial charge >= 0.3 is 6.09 Å². The summed E-state index contributed by atoms with van der Waals surface area (Å²) >= 11 is 0. The van der Waals surface area contributed by atoms with Crippen molar-refractivity contribution in [3.8, 4) is 5.75 Å². The topological polar surface area (TPSA) is 63.7 Å². The fraction of sp³-hybridized carbons (Fsp3) is 0.500. The number of hydrogen-bond acceptors (Lipinski definition) is 5. The number of nitrogens with zero attached hydrogens (tertiary/aromatic N) is 2. The van der Waals surface area contributed by atoms with Crippen LogP contribution in [0.2, 0.25) is 0 Å². The van der Waals surface area contributed by atoms with E-state index in [4.69, 9.17) is 9.47 Å². The van der Waals surface area contributed by atoms with Crippen molar-refractivity contribution in [3.05, 3.63) is 30.0 Å². The lowest BCUT2D eigenvalue weighted by molar-refractivity contribution is 0.0701. The monoisotopic (exact) mass is 357 g/mol. The largest absolute Gasteiger partial charge is 0.494 e. The van der Waals surface area contributed by atoms with Crippen LogP contribution in [0.3, 0.4) is 0 Å². The van der Waals surface area contributed by atoms with Crippen LogP contribution in [0.5, 0.6) is 5.75 Å². The third-order valence-electron chi connectivity index (χ3n) is 4.71. The molecule has 1 fully saturated rings. The molecule has 3 rings (SSSR count). The number of anilines is 1. The fourth-order valence-electron chi connectivity index (χ4n) is 3.34. The molecule has 0 radical (unpaired) electrons. The van der Waals surface area contributed by atoms with Crippen LogP contribution in [0.15, 0.2) is 24.4 Å². The summed E-state index contributed by atoms with van der Waals surface area (Å²) in [5, 5.41) is 4.73. The lowest BCUT2D eigenvalue weighted by atomic mass is 10.0. The van der Waals surface area contributed by atoms with Gasteiger partial charge in [0.05, 0.1) is 13.2 Å². The zero-order valence-corrected chi connectivity index (χ0v) is 15.9. The summed E-state index contributed by atoms with van der Waals surface area (Å²) in [5.41, 5.74) is 3.06. The fourth-order valence-corrected chi connectivity index (χ4v) is 3.34. The van der Waals surface area contributed by atoms with Gasteiger partial charge in [-0.05, 0) is 45.2 Å². The Morgan fingerprint density at radius 2 is 2.04 bits per heavy atom. The summed E-state index contributed by atoms with van der Waals surface area (Å²) in [7, 11) is 1.66. The van der Waals surface area contributed by atoms with Crippen molar-refractivity contribution < 1.29 is 14.3 Å². The Morgan fingerprint density at radius 1 is 1.31 bits per heavy atom. The Labute approximate surface area is 154 Å². The van der Waals surface area contributed by atoms with E-state index in [0.717, 1.165) is 40.7 Å². The number of hydrogen-bond donors (Lipinski definition) is 1. The smallest absolute Gasteiger partial charge is 0.410 e. The van der Waals surface area contributed by atoms with E-state index in [1.807, 2.05) is 32.2 Å². The molecule has 2 aromatic rings. The number of ether oxygens (including phenoxy) is 2. The second-order valence-electron chi connectivity index (χ2n) is 7.01. The molecule has 0 saturated carbocycles. The third kappa shape index (κ3) is 3.84. The molecule has 26 heavy (non-hydrogen) atoms. The highest BCUT2D eigenvalue weighted by atomic mass is 16.6. The first-order valence-corrected chi connectivity index (χ1v) is 9.14. The van der Waals surface area contributed by atoms with Gasteiger partial charge in [-0.15, -0.1) is 0 Å². The van der Waals surface area contributed by atoms with Crippen LogP contribution < -0.4 is 10.1 Å². The zero-order chi connectivity index (χ0) is 18.7. The van der Waals surface area contributed by atoms with Gasteiger partial charge in [0.15, 0.2) is 0 Å². The number of amides is 1. The highest BCUT2D eigenvalue weighted by molar-refractivity contribution is 5.96. The number of benzene rings is 1. The highest BCUT2D eigenvalue weighted by Crippen LogP contribution is 2.32. The van der Waals surface area contributed by atoms with E-state index in [-0.39, 0.29) is 12.2 Å². The molecule has 1 aliphatic heterocycles. The SMILES string of the molecule is COc1cccc2c(NC3CCN(C(=O)OC(C)C)CC3)c(C)cnc12. The quantitative estimate of drug-likeness (QED) is 0.897. The molecule has 0 bridgehead atoms. The number of aromatic nitrogens is 1. The highest BCUT2D eigenvalue weighted by Gasteiger charge is 2.25. The van der Waals surface area contributed by atoms with Crippen molar-refractivity contribution in [1.29, 1.82) is 0 Å². The minimum Gasteiger partial charge on any atom is -0.494 e. The number of para-hydroxylation sites is 1. The molecule has 6 nitrogen and oxygen atoms in total. The predicted molar refractivity (Wildman–Crippen MR) is 103 cm³/mol. The van der Waals surface area contributed by atoms with E-state index < -0.39 is 0 Å². The normalized spacial score (nSPS) is 15.3. The molecule has 1 amide bonds. The summed E-state index contributed by atoms with van der Waals surface area (Å²) in [5.74, 6) is 0.775. The maximum absolute atomic E-state index is 12.0. The minimum atomic E-state index is -0.214. The maximum atomic E-state index is 12.0. The van der Waals surface area contributed by atoms with Gasteiger partial charge in [0.1, 0.15) is 11.3 Å². The van der Waals surface area contributed by atoms with Crippen LogP contribution in [-0.2, 0) is 4.74 Å². The van der Waals surface area contributed by atoms with Gasteiger partial charge in [0, 0.05) is 36.4 Å². The molecule has 0 atom stereocenters. The Bertz CT molecular complexity index is 783. The molecular weight excluding hydrogens is 330 g/mol. The van der Waals surface area contributed by atoms with Gasteiger partial charge in [0.2, 0.25) is 0 Å². The molecule has 0 spiro atoms. The number of carbonyl (C=O) groups is 1. The average Bonchev–Trinajstić information content (AvgIpc) is 2.63. The van der Waals surface area contributed by atoms with Gasteiger partial charge in [0.25, 0.3) is 0 Å². The summed E-state index contributed by atoms with van der Waals surface area (Å²) in [6.45, 7) is 7.21. The summed E-state index contributed by atoms with van der Waals surface area (Å²) < 4.78 is 10.7. The molecule has 140 valence electrons. The van der Waals surface area contributed by atoms with Crippen molar-refractivity contribution >= 4 is 22.7 Å². The van der Waals surface area contributed by atoms with Crippen LogP contribution in [0, 0.1) is 6.92 Å². The summed E-state index contributed by atoms with van der Waals surface area (Å²) in [6.07, 6.45) is 3.36. The van der Waals surface area contributed by atoms with E-state index in [0.29, 0.717) is 19.1 Å². The number of rotatable bonds is 4. The van der Waals surface area contributed by atoms with Crippen LogP contribution in [0.25, 0.3) is 10.9 Å². The molecule has 0 aliphatic carbocycles. The molecule has 1 saturated heterocycles. The van der Waals surface area contributed by atoms with Crippen LogP contribution >= 0.6 is 0 Å². The summed E-state index contributed by atoms with van der Waals surface area (Å²) in [6, 6.07) is 6.29. The molecule has 1 aliphatic rings. The molecule has 6 heteroatoms. The number of pyridine rings is 1. The van der Waals surface area contributed by atoms with Crippen molar-refractivity contribution in [2.45, 2.75) is 45.8 Å². The van der Waals surface area contributed by atoms with Crippen molar-refractivity contribution in [3.63, 3.8) is 0 Å². The number of likely N-dealkylation sites (tertiary alicyclic amines) is 1. The number of piperidine rings is 1. The van der Waals surface area contributed by atoms with Gasteiger partial charge in [-0.2, -0.15) is 0 Å². The van der Waals surface area contributed by atoms with E-state index in [1.54, 1.807) is 12.0 Å². The molecule has 1 aromatic heterocycles. The van der Waals surface area contributed by atoms with E-state index in [2.05, 4.69) is 23.3 Å². The lowest BCUT2D eigenvalue weighted by Crippen LogP contribution is -2.43. The molecule has 1 aromatic carbocycles. The Kier molecular flexibility index (Phi) is 5.49. The minimum absolute atomic E-state index is 0.0841. The first-order valence-electron chi connectivity index (χ1n) is 9.14. The second-order valence-corrected chi connectivity index (χ2v) is 7.01. The molecular formula is C20H27N3O3. The number of nitrogens with one attached hydrogen (secondary N) is 1. The van der Waals surface area contributed by atoms with Crippen molar-refractivity contribution in [1.82, 2.24) is 9.88 Å². The molecule has 1 N–H and O–H groups in total. The predicted octanol–water partition coefficient (Wildman–Crippen LogP) is 3.97. The average molecular weight is 357 g/mol. The number of aryl methyl sites for hydroxylation is 1. The van der Waals surface area contributed by atoms with Gasteiger partial charge in [-0.1, -0.05) is 12.1 Å². The third-order valence-corrected chi connectivity index (χ3v) is 4.71. The van der Waals surface area contributed by atoms with Gasteiger partial charge < -0.3 is 19.7 Å². The standard InChI is InChI=1S/C20H27N3O3/c1-13(2)26-20(24)23-10-8-15(9-11-23)22-18-14(3)12-21-19-16(18)6-5-7-17(19)25-4/h5-7,12-13,15H,8-11H2,1-4H3,(H,21,22). The van der Waals surface area contributed by atoms with Gasteiger partial charge in [-0.25, -0.2) is 4.79 Å². The van der Waals surface area contributed by atoms with Gasteiger partial charge in [-0.3, -0.25) is 4.98 Å². The first-order chi connectivity index (χ1) is 12.5. The van der Waals surface area contributed by atoms with Crippen LogP contribution in [0.1, 0.15) is 32.3 Å². The molecule has 2 heterocycles. The Hall–Kier alpha value is -2.50. The van der Waals surface area contributed by atoms with Crippen LogP contribution in [-0.4, -0.2) is 48.3 Å². The lowest BCUT2D eigenvalue weighted by Gasteiger charge is -2.33.